The maximum absolute atomic E-state index is 11.6. The summed E-state index contributed by atoms with van der Waals surface area (Å²) in [4.78, 5) is 29.3. The molecular formula is C15H20N2O4. The second-order valence-electron chi connectivity index (χ2n) is 5.19. The minimum atomic E-state index is -0.826. The summed E-state index contributed by atoms with van der Waals surface area (Å²) in [6.07, 6.45) is 3.50. The largest absolute Gasteiger partial charge is 0.480 e. The molecule has 1 saturated heterocycles. The van der Waals surface area contributed by atoms with Crippen LogP contribution in [-0.2, 0) is 9.53 Å². The summed E-state index contributed by atoms with van der Waals surface area (Å²) < 4.78 is 4.70. The number of aromatic nitrogens is 1. The second-order valence-corrected chi connectivity index (χ2v) is 5.19. The smallest absolute Gasteiger partial charge is 0.339 e. The maximum atomic E-state index is 11.6. The third-order valence-electron chi connectivity index (χ3n) is 3.81. The number of anilines is 1. The van der Waals surface area contributed by atoms with E-state index in [2.05, 4.69) is 4.98 Å². The third-order valence-corrected chi connectivity index (χ3v) is 3.81. The Hall–Kier alpha value is -2.11. The number of rotatable bonds is 3. The normalized spacial score (nSPS) is 19.0. The molecule has 0 amide bonds. The minimum absolute atomic E-state index is 0.406. The van der Waals surface area contributed by atoms with Gasteiger partial charge in [-0.25, -0.2) is 14.6 Å². The van der Waals surface area contributed by atoms with Crippen LogP contribution in [0.5, 0.6) is 0 Å². The van der Waals surface area contributed by atoms with E-state index in [9.17, 15) is 14.7 Å². The monoisotopic (exact) mass is 292 g/mol. The van der Waals surface area contributed by atoms with E-state index >= 15 is 0 Å². The molecule has 0 spiro atoms. The summed E-state index contributed by atoms with van der Waals surface area (Å²) in [6, 6.07) is 2.79. The van der Waals surface area contributed by atoms with Crippen molar-refractivity contribution in [1.82, 2.24) is 4.98 Å². The van der Waals surface area contributed by atoms with Gasteiger partial charge >= 0.3 is 11.9 Å². The van der Waals surface area contributed by atoms with E-state index in [-0.39, 0.29) is 0 Å². The number of nitrogens with zero attached hydrogens (tertiary/aromatic N) is 2. The van der Waals surface area contributed by atoms with E-state index in [1.54, 1.807) is 19.1 Å². The van der Waals surface area contributed by atoms with E-state index in [1.807, 2.05) is 4.90 Å². The molecule has 0 bridgehead atoms. The first-order chi connectivity index (χ1) is 10.0. The summed E-state index contributed by atoms with van der Waals surface area (Å²) in [5.74, 6) is -0.653. The molecule has 6 nitrogen and oxygen atoms in total. The van der Waals surface area contributed by atoms with Crippen molar-refractivity contribution in [2.45, 2.75) is 38.6 Å². The molecule has 21 heavy (non-hydrogen) atoms. The van der Waals surface area contributed by atoms with Crippen molar-refractivity contribution < 1.29 is 19.4 Å². The lowest BCUT2D eigenvalue weighted by Crippen LogP contribution is -2.41. The number of carboxylic acids is 1. The van der Waals surface area contributed by atoms with Gasteiger partial charge in [0.2, 0.25) is 0 Å². The molecule has 1 aromatic heterocycles. The van der Waals surface area contributed by atoms with Crippen LogP contribution < -0.4 is 4.90 Å². The summed E-state index contributed by atoms with van der Waals surface area (Å²) in [5.41, 5.74) is 0.954. The third kappa shape index (κ3) is 3.32. The highest BCUT2D eigenvalue weighted by Crippen LogP contribution is 2.24. The Balaban J connectivity index is 2.32. The predicted molar refractivity (Wildman–Crippen MR) is 77.6 cm³/mol. The molecule has 6 heteroatoms. The number of hydrogen-bond acceptors (Lipinski definition) is 5. The summed E-state index contributed by atoms with van der Waals surface area (Å²) in [5, 5.41) is 9.40. The predicted octanol–water partition coefficient (Wildman–Crippen LogP) is 2.01. The molecule has 1 N–H and O–H groups in total. The van der Waals surface area contributed by atoms with Crippen LogP contribution >= 0.6 is 0 Å². The second kappa shape index (κ2) is 6.56. The quantitative estimate of drug-likeness (QED) is 0.858. The summed E-state index contributed by atoms with van der Waals surface area (Å²) >= 11 is 0. The van der Waals surface area contributed by atoms with E-state index < -0.39 is 18.0 Å². The Kier molecular flexibility index (Phi) is 4.77. The summed E-state index contributed by atoms with van der Waals surface area (Å²) in [7, 11) is 1.32. The average Bonchev–Trinajstić information content (AvgIpc) is 2.72. The average molecular weight is 292 g/mol. The number of hydrogen-bond donors (Lipinski definition) is 1. The van der Waals surface area contributed by atoms with Crippen LogP contribution in [0.1, 0.15) is 41.7 Å². The van der Waals surface area contributed by atoms with E-state index in [0.29, 0.717) is 30.0 Å². The minimum Gasteiger partial charge on any atom is -0.480 e. The number of carboxylic acid groups (broad SMARTS) is 1. The number of methoxy groups -OCH3 is 1. The standard InChI is InChI=1S/C15H20N2O4/c1-10-11(15(20)21-2)7-8-13(16-10)17-9-5-3-4-6-12(17)14(18)19/h7-8,12H,3-6,9H2,1-2H3,(H,18,19). The number of carbonyl (C=O) groups is 2. The van der Waals surface area contributed by atoms with Crippen molar-refractivity contribution in [2.24, 2.45) is 0 Å². The zero-order valence-corrected chi connectivity index (χ0v) is 12.3. The molecule has 2 rings (SSSR count). The highest BCUT2D eigenvalue weighted by Gasteiger charge is 2.28. The first kappa shape index (κ1) is 15.3. The molecule has 1 unspecified atom stereocenters. The Bertz CT molecular complexity index is 544. The van der Waals surface area contributed by atoms with Gasteiger partial charge in [0.25, 0.3) is 0 Å². The highest BCUT2D eigenvalue weighted by atomic mass is 16.5. The Morgan fingerprint density at radius 2 is 2.10 bits per heavy atom. The lowest BCUT2D eigenvalue weighted by atomic mass is 10.1. The number of carbonyl (C=O) groups excluding carboxylic acids is 1. The molecule has 0 aliphatic carbocycles. The zero-order chi connectivity index (χ0) is 15.4. The van der Waals surface area contributed by atoms with Gasteiger partial charge in [-0.1, -0.05) is 12.8 Å². The molecule has 1 fully saturated rings. The van der Waals surface area contributed by atoms with E-state index in [4.69, 9.17) is 4.74 Å². The maximum Gasteiger partial charge on any atom is 0.339 e. The molecule has 1 aliphatic heterocycles. The van der Waals surface area contributed by atoms with E-state index in [0.717, 1.165) is 19.3 Å². The molecule has 0 radical (unpaired) electrons. The molecule has 0 aromatic carbocycles. The van der Waals surface area contributed by atoms with Gasteiger partial charge in [-0.05, 0) is 31.9 Å². The van der Waals surface area contributed by atoms with Gasteiger partial charge in [0.15, 0.2) is 0 Å². The summed E-state index contributed by atoms with van der Waals surface area (Å²) in [6.45, 7) is 2.39. The van der Waals surface area contributed by atoms with Crippen molar-refractivity contribution in [3.8, 4) is 0 Å². The van der Waals surface area contributed by atoms with Crippen molar-refractivity contribution >= 4 is 17.8 Å². The molecule has 1 aliphatic rings. The van der Waals surface area contributed by atoms with Gasteiger partial charge in [-0.3, -0.25) is 0 Å². The fraction of sp³-hybridized carbons (Fsp3) is 0.533. The Labute approximate surface area is 123 Å². The van der Waals surface area contributed by atoms with Crippen LogP contribution in [-0.4, -0.2) is 41.7 Å². The first-order valence-electron chi connectivity index (χ1n) is 7.10. The molecule has 1 atom stereocenters. The molecule has 114 valence electrons. The fourth-order valence-electron chi connectivity index (χ4n) is 2.67. The van der Waals surface area contributed by atoms with Crippen molar-refractivity contribution in [2.75, 3.05) is 18.6 Å². The van der Waals surface area contributed by atoms with Gasteiger partial charge in [0.1, 0.15) is 11.9 Å². The van der Waals surface area contributed by atoms with Gasteiger partial charge in [-0.15, -0.1) is 0 Å². The molecule has 1 aromatic rings. The van der Waals surface area contributed by atoms with Crippen LogP contribution in [0, 0.1) is 6.92 Å². The molecule has 2 heterocycles. The number of esters is 1. The van der Waals surface area contributed by atoms with Crippen molar-refractivity contribution in [3.63, 3.8) is 0 Å². The Morgan fingerprint density at radius 3 is 2.71 bits per heavy atom. The van der Waals surface area contributed by atoms with Gasteiger partial charge < -0.3 is 14.7 Å². The topological polar surface area (TPSA) is 79.7 Å². The fourth-order valence-corrected chi connectivity index (χ4v) is 2.67. The van der Waals surface area contributed by atoms with Crippen LogP contribution in [0.4, 0.5) is 5.82 Å². The number of pyridine rings is 1. The number of ether oxygens (including phenoxy) is 1. The number of aryl methyl sites for hydroxylation is 1. The highest BCUT2D eigenvalue weighted by molar-refractivity contribution is 5.90. The number of aliphatic carboxylic acids is 1. The zero-order valence-electron chi connectivity index (χ0n) is 12.3. The molecule has 0 saturated carbocycles. The van der Waals surface area contributed by atoms with Crippen LogP contribution in [0.2, 0.25) is 0 Å². The Morgan fingerprint density at radius 1 is 1.33 bits per heavy atom. The lowest BCUT2D eigenvalue weighted by molar-refractivity contribution is -0.138. The molecular weight excluding hydrogens is 272 g/mol. The van der Waals surface area contributed by atoms with Crippen molar-refractivity contribution in [1.29, 1.82) is 0 Å². The van der Waals surface area contributed by atoms with Gasteiger partial charge in [0, 0.05) is 6.54 Å². The first-order valence-corrected chi connectivity index (χ1v) is 7.10. The van der Waals surface area contributed by atoms with Crippen LogP contribution in [0.15, 0.2) is 12.1 Å². The van der Waals surface area contributed by atoms with Crippen molar-refractivity contribution in [3.05, 3.63) is 23.4 Å². The van der Waals surface area contributed by atoms with Crippen LogP contribution in [0.3, 0.4) is 0 Å². The van der Waals surface area contributed by atoms with Gasteiger partial charge in [0.05, 0.1) is 18.4 Å². The van der Waals surface area contributed by atoms with Crippen LogP contribution in [0.25, 0.3) is 0 Å². The van der Waals surface area contributed by atoms with Gasteiger partial charge in [-0.2, -0.15) is 0 Å². The SMILES string of the molecule is COC(=O)c1ccc(N2CCCCCC2C(=O)O)nc1C. The van der Waals surface area contributed by atoms with E-state index in [1.165, 1.54) is 7.11 Å². The lowest BCUT2D eigenvalue weighted by Gasteiger charge is -2.28.